The molecule has 4 heteroatoms. The summed E-state index contributed by atoms with van der Waals surface area (Å²) in [7, 11) is 0. The van der Waals surface area contributed by atoms with Crippen molar-refractivity contribution in [3.63, 3.8) is 0 Å². The van der Waals surface area contributed by atoms with E-state index in [1.54, 1.807) is 0 Å². The Morgan fingerprint density at radius 1 is 1.44 bits per heavy atom. The van der Waals surface area contributed by atoms with Crippen LogP contribution in [0.1, 0.15) is 41.3 Å². The van der Waals surface area contributed by atoms with Crippen LogP contribution in [0.15, 0.2) is 18.2 Å². The molecule has 4 nitrogen and oxygen atoms in total. The molecule has 0 saturated carbocycles. The van der Waals surface area contributed by atoms with E-state index in [-0.39, 0.29) is 12.0 Å². The third kappa shape index (κ3) is 3.09. The monoisotopic (exact) mass is 248 g/mol. The standard InChI is InChI=1S/C14H20N2O2/c1-2-13(17)5-6-16-14(18)10-3-4-11-8-15-9-12(11)7-10/h3-4,7,13,15,17H,2,5-6,8-9H2,1H3,(H,16,18). The van der Waals surface area contributed by atoms with E-state index < -0.39 is 0 Å². The molecular weight excluding hydrogens is 228 g/mol. The van der Waals surface area contributed by atoms with E-state index in [1.165, 1.54) is 11.1 Å². The minimum Gasteiger partial charge on any atom is -0.393 e. The van der Waals surface area contributed by atoms with Crippen LogP contribution in [0, 0.1) is 0 Å². The lowest BCUT2D eigenvalue weighted by atomic mass is 10.1. The zero-order chi connectivity index (χ0) is 13.0. The predicted molar refractivity (Wildman–Crippen MR) is 70.2 cm³/mol. The highest BCUT2D eigenvalue weighted by atomic mass is 16.3. The Hall–Kier alpha value is -1.39. The lowest BCUT2D eigenvalue weighted by Gasteiger charge is -2.09. The minimum absolute atomic E-state index is 0.0620. The van der Waals surface area contributed by atoms with Gasteiger partial charge < -0.3 is 15.7 Å². The van der Waals surface area contributed by atoms with E-state index in [1.807, 2.05) is 25.1 Å². The summed E-state index contributed by atoms with van der Waals surface area (Å²) in [6, 6.07) is 5.81. The van der Waals surface area contributed by atoms with Crippen LogP contribution < -0.4 is 10.6 Å². The maximum absolute atomic E-state index is 11.9. The zero-order valence-electron chi connectivity index (χ0n) is 10.7. The summed E-state index contributed by atoms with van der Waals surface area (Å²) in [5, 5.41) is 15.5. The van der Waals surface area contributed by atoms with Gasteiger partial charge in [0, 0.05) is 25.2 Å². The molecule has 0 saturated heterocycles. The number of hydrogen-bond donors (Lipinski definition) is 3. The lowest BCUT2D eigenvalue weighted by molar-refractivity contribution is 0.0942. The summed E-state index contributed by atoms with van der Waals surface area (Å²) in [4.78, 5) is 11.9. The highest BCUT2D eigenvalue weighted by Crippen LogP contribution is 2.16. The Morgan fingerprint density at radius 2 is 2.22 bits per heavy atom. The van der Waals surface area contributed by atoms with Gasteiger partial charge >= 0.3 is 0 Å². The maximum Gasteiger partial charge on any atom is 0.251 e. The van der Waals surface area contributed by atoms with Crippen LogP contribution in [0.5, 0.6) is 0 Å². The molecule has 1 aromatic rings. The first-order chi connectivity index (χ1) is 8.70. The summed E-state index contributed by atoms with van der Waals surface area (Å²) in [6.45, 7) is 4.17. The normalized spacial score (nSPS) is 15.2. The molecule has 1 unspecified atom stereocenters. The van der Waals surface area contributed by atoms with Gasteiger partial charge in [-0.3, -0.25) is 4.79 Å². The number of carbonyl (C=O) groups is 1. The molecule has 0 bridgehead atoms. The molecule has 1 aromatic carbocycles. The second-order valence-corrected chi connectivity index (χ2v) is 4.69. The smallest absolute Gasteiger partial charge is 0.251 e. The van der Waals surface area contributed by atoms with Gasteiger partial charge in [-0.1, -0.05) is 13.0 Å². The average molecular weight is 248 g/mol. The first kappa shape index (κ1) is 13.1. The summed E-state index contributed by atoms with van der Waals surface area (Å²) in [5.41, 5.74) is 3.17. The van der Waals surface area contributed by atoms with Crippen LogP contribution in [0.4, 0.5) is 0 Å². The van der Waals surface area contributed by atoms with Gasteiger partial charge in [-0.25, -0.2) is 0 Å². The van der Waals surface area contributed by atoms with Crippen LogP contribution in [-0.2, 0) is 13.1 Å². The van der Waals surface area contributed by atoms with Crippen LogP contribution in [0.2, 0.25) is 0 Å². The van der Waals surface area contributed by atoms with Crippen molar-refractivity contribution in [2.75, 3.05) is 6.54 Å². The van der Waals surface area contributed by atoms with Gasteiger partial charge in [0.15, 0.2) is 0 Å². The first-order valence-corrected chi connectivity index (χ1v) is 6.49. The number of aliphatic hydroxyl groups is 1. The number of nitrogens with one attached hydrogen (secondary N) is 2. The zero-order valence-corrected chi connectivity index (χ0v) is 10.7. The van der Waals surface area contributed by atoms with Gasteiger partial charge in [0.25, 0.3) is 5.91 Å². The molecule has 2 rings (SSSR count). The largest absolute Gasteiger partial charge is 0.393 e. The number of benzene rings is 1. The maximum atomic E-state index is 11.9. The number of fused-ring (bicyclic) bond motifs is 1. The molecule has 18 heavy (non-hydrogen) atoms. The van der Waals surface area contributed by atoms with Crippen LogP contribution >= 0.6 is 0 Å². The topological polar surface area (TPSA) is 61.4 Å². The van der Waals surface area contributed by atoms with E-state index in [9.17, 15) is 9.90 Å². The molecular formula is C14H20N2O2. The minimum atomic E-state index is -0.325. The molecule has 0 radical (unpaired) electrons. The van der Waals surface area contributed by atoms with Crippen molar-refractivity contribution in [3.05, 3.63) is 34.9 Å². The van der Waals surface area contributed by atoms with Gasteiger partial charge in [-0.2, -0.15) is 0 Å². The third-order valence-corrected chi connectivity index (χ3v) is 3.33. The van der Waals surface area contributed by atoms with Gasteiger partial charge in [-0.15, -0.1) is 0 Å². The lowest BCUT2D eigenvalue weighted by Crippen LogP contribution is -2.27. The number of rotatable bonds is 5. The van der Waals surface area contributed by atoms with Crippen LogP contribution in [-0.4, -0.2) is 23.7 Å². The number of aliphatic hydroxyl groups excluding tert-OH is 1. The molecule has 1 heterocycles. The Balaban J connectivity index is 1.89. The quantitative estimate of drug-likeness (QED) is 0.733. The third-order valence-electron chi connectivity index (χ3n) is 3.33. The highest BCUT2D eigenvalue weighted by Gasteiger charge is 2.13. The Bertz CT molecular complexity index is 432. The Morgan fingerprint density at radius 3 is 3.00 bits per heavy atom. The molecule has 1 atom stereocenters. The number of hydrogen-bond acceptors (Lipinski definition) is 3. The summed E-state index contributed by atoms with van der Waals surface area (Å²) < 4.78 is 0. The van der Waals surface area contributed by atoms with Crippen molar-refractivity contribution in [1.82, 2.24) is 10.6 Å². The van der Waals surface area contributed by atoms with Crippen LogP contribution in [0.25, 0.3) is 0 Å². The second kappa shape index (κ2) is 5.98. The van der Waals surface area contributed by atoms with Crippen LogP contribution in [0.3, 0.4) is 0 Å². The van der Waals surface area contributed by atoms with Crippen molar-refractivity contribution >= 4 is 5.91 Å². The molecule has 0 aliphatic carbocycles. The molecule has 0 spiro atoms. The van der Waals surface area contributed by atoms with Crippen molar-refractivity contribution in [3.8, 4) is 0 Å². The second-order valence-electron chi connectivity index (χ2n) is 4.69. The van der Waals surface area contributed by atoms with Crippen molar-refractivity contribution in [2.24, 2.45) is 0 Å². The van der Waals surface area contributed by atoms with Gasteiger partial charge in [0.2, 0.25) is 0 Å². The fraction of sp³-hybridized carbons (Fsp3) is 0.500. The average Bonchev–Trinajstić information content (AvgIpc) is 2.85. The molecule has 0 aromatic heterocycles. The first-order valence-electron chi connectivity index (χ1n) is 6.49. The highest BCUT2D eigenvalue weighted by molar-refractivity contribution is 5.94. The Kier molecular flexibility index (Phi) is 4.33. The molecule has 1 aliphatic rings. The summed E-state index contributed by atoms with van der Waals surface area (Å²) >= 11 is 0. The van der Waals surface area contributed by atoms with Crippen molar-refractivity contribution in [1.29, 1.82) is 0 Å². The Labute approximate surface area is 107 Å². The number of carbonyl (C=O) groups excluding carboxylic acids is 1. The van der Waals surface area contributed by atoms with Gasteiger partial charge in [-0.05, 0) is 36.1 Å². The van der Waals surface area contributed by atoms with Gasteiger partial charge in [0.1, 0.15) is 0 Å². The van der Waals surface area contributed by atoms with E-state index in [0.29, 0.717) is 18.5 Å². The summed E-state index contributed by atoms with van der Waals surface area (Å²) in [6.07, 6.45) is 1.00. The molecule has 0 fully saturated rings. The van der Waals surface area contributed by atoms with Crippen molar-refractivity contribution < 1.29 is 9.90 Å². The SMILES string of the molecule is CCC(O)CCNC(=O)c1ccc2c(c1)CNC2. The fourth-order valence-corrected chi connectivity index (χ4v) is 2.09. The molecule has 98 valence electrons. The molecule has 3 N–H and O–H groups in total. The predicted octanol–water partition coefficient (Wildman–Crippen LogP) is 1.18. The number of amides is 1. The summed E-state index contributed by atoms with van der Waals surface area (Å²) in [5.74, 6) is -0.0620. The molecule has 1 aliphatic heterocycles. The van der Waals surface area contributed by atoms with E-state index >= 15 is 0 Å². The molecule has 1 amide bonds. The van der Waals surface area contributed by atoms with Crippen molar-refractivity contribution in [2.45, 2.75) is 39.0 Å². The van der Waals surface area contributed by atoms with E-state index in [0.717, 1.165) is 19.5 Å². The fourth-order valence-electron chi connectivity index (χ4n) is 2.09. The van der Waals surface area contributed by atoms with E-state index in [2.05, 4.69) is 10.6 Å². The van der Waals surface area contributed by atoms with Gasteiger partial charge in [0.05, 0.1) is 6.10 Å². The van der Waals surface area contributed by atoms with E-state index in [4.69, 9.17) is 0 Å².